The Morgan fingerprint density at radius 1 is 1.31 bits per heavy atom. The highest BCUT2D eigenvalue weighted by Crippen LogP contribution is 2.26. The zero-order valence-corrected chi connectivity index (χ0v) is 11.6. The molecule has 4 heteroatoms. The summed E-state index contributed by atoms with van der Waals surface area (Å²) in [4.78, 5) is 13.9. The molecule has 0 radical (unpaired) electrons. The first-order valence-electron chi connectivity index (χ1n) is 4.64. The van der Waals surface area contributed by atoms with Crippen molar-refractivity contribution in [1.82, 2.24) is 0 Å². The topological polar surface area (TPSA) is 17.1 Å². The van der Waals surface area contributed by atoms with Crippen molar-refractivity contribution < 1.29 is 4.79 Å². The summed E-state index contributed by atoms with van der Waals surface area (Å²) >= 11 is 10.8. The SMILES string of the molecule is Cc1ccc(C(=O)c2ccc(Br)cc2Cl)s1. The molecule has 1 heterocycles. The Morgan fingerprint density at radius 2 is 2.06 bits per heavy atom. The molecular formula is C12H8BrClOS. The predicted molar refractivity (Wildman–Crippen MR) is 71.6 cm³/mol. The maximum atomic E-state index is 12.1. The molecule has 0 amide bonds. The summed E-state index contributed by atoms with van der Waals surface area (Å²) in [5.41, 5.74) is 0.548. The number of hydrogen-bond donors (Lipinski definition) is 0. The number of aryl methyl sites for hydroxylation is 1. The van der Waals surface area contributed by atoms with Gasteiger partial charge in [-0.3, -0.25) is 4.79 Å². The van der Waals surface area contributed by atoms with Gasteiger partial charge in [0, 0.05) is 14.9 Å². The summed E-state index contributed by atoms with van der Waals surface area (Å²) in [5, 5.41) is 0.477. The van der Waals surface area contributed by atoms with E-state index in [-0.39, 0.29) is 5.78 Å². The van der Waals surface area contributed by atoms with Crippen molar-refractivity contribution >= 4 is 44.7 Å². The molecular weight excluding hydrogens is 308 g/mol. The summed E-state index contributed by atoms with van der Waals surface area (Å²) in [7, 11) is 0. The van der Waals surface area contributed by atoms with Gasteiger partial charge in [0.05, 0.1) is 9.90 Å². The molecule has 16 heavy (non-hydrogen) atoms. The molecule has 1 aromatic carbocycles. The molecule has 0 aliphatic carbocycles. The number of carbonyl (C=O) groups excluding carboxylic acids is 1. The van der Waals surface area contributed by atoms with Crippen molar-refractivity contribution in [2.75, 3.05) is 0 Å². The fourth-order valence-corrected chi connectivity index (χ4v) is 2.94. The van der Waals surface area contributed by atoms with Gasteiger partial charge < -0.3 is 0 Å². The van der Waals surface area contributed by atoms with Gasteiger partial charge in [0.25, 0.3) is 0 Å². The van der Waals surface area contributed by atoms with Crippen LogP contribution in [0.4, 0.5) is 0 Å². The maximum Gasteiger partial charge on any atom is 0.204 e. The summed E-state index contributed by atoms with van der Waals surface area (Å²) in [6.45, 7) is 1.98. The zero-order valence-electron chi connectivity index (χ0n) is 8.46. The Bertz CT molecular complexity index is 548. The van der Waals surface area contributed by atoms with Crippen molar-refractivity contribution in [2.45, 2.75) is 6.92 Å². The monoisotopic (exact) mass is 314 g/mol. The van der Waals surface area contributed by atoms with Gasteiger partial charge in [-0.2, -0.15) is 0 Å². The van der Waals surface area contributed by atoms with Crippen LogP contribution in [0.25, 0.3) is 0 Å². The lowest BCUT2D eigenvalue weighted by atomic mass is 10.1. The van der Waals surface area contributed by atoms with Crippen LogP contribution in [0, 0.1) is 6.92 Å². The second kappa shape index (κ2) is 4.70. The lowest BCUT2D eigenvalue weighted by Crippen LogP contribution is -1.99. The molecule has 0 atom stereocenters. The molecule has 2 aromatic rings. The van der Waals surface area contributed by atoms with E-state index in [0.29, 0.717) is 10.6 Å². The Kier molecular flexibility index (Phi) is 3.47. The van der Waals surface area contributed by atoms with Crippen LogP contribution in [0.2, 0.25) is 5.02 Å². The number of thiophene rings is 1. The molecule has 0 saturated heterocycles. The number of halogens is 2. The lowest BCUT2D eigenvalue weighted by Gasteiger charge is -2.01. The largest absolute Gasteiger partial charge is 0.288 e. The van der Waals surface area contributed by atoms with Crippen molar-refractivity contribution in [3.8, 4) is 0 Å². The second-order valence-corrected chi connectivity index (χ2v) is 5.97. The molecule has 0 saturated carbocycles. The second-order valence-electron chi connectivity index (χ2n) is 3.36. The van der Waals surface area contributed by atoms with E-state index in [2.05, 4.69) is 15.9 Å². The van der Waals surface area contributed by atoms with Gasteiger partial charge in [0.1, 0.15) is 0 Å². The third-order valence-electron chi connectivity index (χ3n) is 2.14. The number of ketones is 1. The van der Waals surface area contributed by atoms with E-state index < -0.39 is 0 Å². The molecule has 1 nitrogen and oxygen atoms in total. The molecule has 0 spiro atoms. The van der Waals surface area contributed by atoms with Gasteiger partial charge in [0.2, 0.25) is 5.78 Å². The van der Waals surface area contributed by atoms with E-state index in [4.69, 9.17) is 11.6 Å². The summed E-state index contributed by atoms with van der Waals surface area (Å²) in [6, 6.07) is 9.06. The van der Waals surface area contributed by atoms with Gasteiger partial charge >= 0.3 is 0 Å². The fourth-order valence-electron chi connectivity index (χ4n) is 1.36. The minimum Gasteiger partial charge on any atom is -0.288 e. The molecule has 1 aromatic heterocycles. The fraction of sp³-hybridized carbons (Fsp3) is 0.0833. The molecule has 0 fully saturated rings. The number of carbonyl (C=O) groups is 1. The van der Waals surface area contributed by atoms with Crippen LogP contribution in [0.5, 0.6) is 0 Å². The van der Waals surface area contributed by atoms with E-state index in [1.807, 2.05) is 25.1 Å². The van der Waals surface area contributed by atoms with Gasteiger partial charge in [0.15, 0.2) is 0 Å². The van der Waals surface area contributed by atoms with Crippen molar-refractivity contribution in [2.24, 2.45) is 0 Å². The quantitative estimate of drug-likeness (QED) is 0.734. The third kappa shape index (κ3) is 2.37. The average Bonchev–Trinajstić information content (AvgIpc) is 2.64. The average molecular weight is 316 g/mol. The van der Waals surface area contributed by atoms with E-state index in [1.54, 1.807) is 12.1 Å². The standard InChI is InChI=1S/C12H8BrClOS/c1-7-2-5-11(16-7)12(15)9-4-3-8(13)6-10(9)14/h2-6H,1H3. The molecule has 0 bridgehead atoms. The number of hydrogen-bond acceptors (Lipinski definition) is 2. The Labute approximate surface area is 111 Å². The highest BCUT2D eigenvalue weighted by atomic mass is 79.9. The van der Waals surface area contributed by atoms with Crippen LogP contribution >= 0.6 is 38.9 Å². The van der Waals surface area contributed by atoms with Crippen molar-refractivity contribution in [3.05, 3.63) is 55.1 Å². The van der Waals surface area contributed by atoms with Gasteiger partial charge in [-0.25, -0.2) is 0 Å². The zero-order chi connectivity index (χ0) is 11.7. The van der Waals surface area contributed by atoms with Crippen LogP contribution < -0.4 is 0 Å². The van der Waals surface area contributed by atoms with E-state index in [1.165, 1.54) is 11.3 Å². The lowest BCUT2D eigenvalue weighted by molar-refractivity contribution is 0.104. The van der Waals surface area contributed by atoms with Gasteiger partial charge in [-0.15, -0.1) is 11.3 Å². The van der Waals surface area contributed by atoms with Crippen molar-refractivity contribution in [3.63, 3.8) is 0 Å². The van der Waals surface area contributed by atoms with Gasteiger partial charge in [-0.1, -0.05) is 27.5 Å². The van der Waals surface area contributed by atoms with Crippen molar-refractivity contribution in [1.29, 1.82) is 0 Å². The number of benzene rings is 1. The molecule has 2 rings (SSSR count). The van der Waals surface area contributed by atoms with Crippen LogP contribution in [0.1, 0.15) is 20.1 Å². The molecule has 82 valence electrons. The van der Waals surface area contributed by atoms with E-state index in [9.17, 15) is 4.79 Å². The van der Waals surface area contributed by atoms with Crippen LogP contribution in [0.3, 0.4) is 0 Å². The van der Waals surface area contributed by atoms with E-state index in [0.717, 1.165) is 14.2 Å². The van der Waals surface area contributed by atoms with Crippen LogP contribution in [-0.4, -0.2) is 5.78 Å². The first-order chi connectivity index (χ1) is 7.58. The Balaban J connectivity index is 2.41. The smallest absolute Gasteiger partial charge is 0.204 e. The molecule has 0 aliphatic heterocycles. The highest BCUT2D eigenvalue weighted by molar-refractivity contribution is 9.10. The summed E-state index contributed by atoms with van der Waals surface area (Å²) in [5.74, 6) is -0.0180. The minimum atomic E-state index is -0.0180. The maximum absolute atomic E-state index is 12.1. The molecule has 0 aliphatic rings. The first-order valence-corrected chi connectivity index (χ1v) is 6.63. The third-order valence-corrected chi connectivity index (χ3v) is 3.95. The summed E-state index contributed by atoms with van der Waals surface area (Å²) < 4.78 is 0.872. The molecule has 0 N–H and O–H groups in total. The first kappa shape index (κ1) is 11.8. The number of rotatable bonds is 2. The van der Waals surface area contributed by atoms with E-state index >= 15 is 0 Å². The van der Waals surface area contributed by atoms with Crippen LogP contribution in [-0.2, 0) is 0 Å². The van der Waals surface area contributed by atoms with Gasteiger partial charge in [-0.05, 0) is 37.3 Å². The molecule has 0 unspecified atom stereocenters. The Morgan fingerprint density at radius 3 is 2.62 bits per heavy atom. The summed E-state index contributed by atoms with van der Waals surface area (Å²) in [6.07, 6.45) is 0. The normalized spacial score (nSPS) is 10.4. The minimum absolute atomic E-state index is 0.0180. The Hall–Kier alpha value is -0.640. The van der Waals surface area contributed by atoms with Crippen LogP contribution in [0.15, 0.2) is 34.8 Å². The predicted octanol–water partition coefficient (Wildman–Crippen LogP) is 4.70. The highest BCUT2D eigenvalue weighted by Gasteiger charge is 2.14.